The lowest BCUT2D eigenvalue weighted by atomic mass is 11.8. The van der Waals surface area contributed by atoms with Crippen LogP contribution in [0.25, 0.3) is 0 Å². The van der Waals surface area contributed by atoms with Crippen molar-refractivity contribution in [1.29, 1.82) is 0 Å². The normalized spacial score (nSPS) is 21.9. The minimum absolute atomic E-state index is 1.42. The van der Waals surface area contributed by atoms with Gasteiger partial charge in [-0.25, -0.2) is 0 Å². The Morgan fingerprint density at radius 2 is 0.531 bits per heavy atom. The van der Waals surface area contributed by atoms with Crippen molar-refractivity contribution in [3.63, 3.8) is 0 Å². The summed E-state index contributed by atoms with van der Waals surface area (Å²) in [6, 6.07) is 0. The Morgan fingerprint density at radius 1 is 0.375 bits per heavy atom. The smallest absolute Gasteiger partial charge is 0.177 e. The zero-order valence-electron chi connectivity index (χ0n) is 25.8. The van der Waals surface area contributed by atoms with E-state index in [4.69, 9.17) is 0 Å². The van der Waals surface area contributed by atoms with Crippen LogP contribution in [0.3, 0.4) is 0 Å². The lowest BCUT2D eigenvalue weighted by molar-refractivity contribution is 0.562. The Bertz CT molecular complexity index is 596. The molecule has 0 unspecified atom stereocenters. The lowest BCUT2D eigenvalue weighted by Crippen LogP contribution is -3.02. The van der Waals surface area contributed by atoms with E-state index in [1.165, 1.54) is 0 Å². The first-order valence-electron chi connectivity index (χ1n) is 12.7. The second-order valence-corrected chi connectivity index (χ2v) is 56.1. The minimum Gasteiger partial charge on any atom is -0.357 e. The molecule has 1 aliphatic rings. The van der Waals surface area contributed by atoms with Gasteiger partial charge in [0, 0.05) is 0 Å². The molecule has 4 nitrogen and oxygen atoms in total. The van der Waals surface area contributed by atoms with Gasteiger partial charge in [0.2, 0.25) is 0 Å². The first-order chi connectivity index (χ1) is 13.5. The predicted octanol–water partition coefficient (Wildman–Crippen LogP) is 7.35. The van der Waals surface area contributed by atoms with E-state index in [1.54, 1.807) is 0 Å². The van der Waals surface area contributed by atoms with Crippen molar-refractivity contribution < 1.29 is 0 Å². The molecule has 1 heterocycles. The first-order valence-corrected chi connectivity index (χ1v) is 38.0. The van der Waals surface area contributed by atoms with Crippen molar-refractivity contribution in [2.24, 2.45) is 0 Å². The van der Waals surface area contributed by atoms with Crippen LogP contribution in [0.4, 0.5) is 0 Å². The van der Waals surface area contributed by atoms with Crippen LogP contribution in [-0.4, -0.2) is 82.1 Å². The van der Waals surface area contributed by atoms with Gasteiger partial charge in [0.15, 0.2) is 33.6 Å². The molecule has 0 aromatic carbocycles. The summed E-state index contributed by atoms with van der Waals surface area (Å²) in [5, 5.41) is 0. The summed E-state index contributed by atoms with van der Waals surface area (Å²) in [7, 11) is -12.6. The summed E-state index contributed by atoms with van der Waals surface area (Å²) in [4.78, 5) is 0. The predicted molar refractivity (Wildman–Crippen MR) is 171 cm³/mol. The van der Waals surface area contributed by atoms with Gasteiger partial charge in [0.05, 0.1) is 0 Å². The van der Waals surface area contributed by atoms with Crippen molar-refractivity contribution in [1.82, 2.24) is 15.6 Å². The Kier molecular flexibility index (Phi) is 8.46. The summed E-state index contributed by atoms with van der Waals surface area (Å²) in [6.07, 6.45) is 0. The Labute approximate surface area is 212 Å². The molecule has 0 saturated carbocycles. The number of hydrogen-bond donors (Lipinski definition) is 0. The molecule has 1 fully saturated rings. The highest BCUT2D eigenvalue weighted by atomic mass is 28.6. The van der Waals surface area contributed by atoms with Crippen molar-refractivity contribution in [3.8, 4) is 0 Å². The van der Waals surface area contributed by atoms with Gasteiger partial charge >= 0.3 is 0 Å². The van der Waals surface area contributed by atoms with Crippen LogP contribution in [0.5, 0.6) is 0 Å². The summed E-state index contributed by atoms with van der Waals surface area (Å²) < 4.78 is 13.0. The van der Waals surface area contributed by atoms with Crippen LogP contribution in [-0.2, 0) is 0 Å². The number of nitrogens with zero attached hydrogens (tertiary/aromatic N) is 4. The summed E-state index contributed by atoms with van der Waals surface area (Å²) in [5.74, 6) is 0. The van der Waals surface area contributed by atoms with E-state index in [-0.39, 0.29) is 0 Å². The quantitative estimate of drug-likeness (QED) is 0.278. The molecule has 1 aliphatic heterocycles. The SMILES string of the molecule is C[Si](C)(C)N([Si](C)(C)C)[Si](C)(C)N1[Si](C)(C)N([Si](C)(C)N([Si](C)(C)C)[Si](C)(C)C)[Si]1(C)C. The second-order valence-electron chi connectivity index (χ2n) is 16.0. The Balaban J connectivity index is 3.69. The fraction of sp³-hybridized carbons (Fsp3) is 1.00. The highest BCUT2D eigenvalue weighted by molar-refractivity contribution is 7.23. The Hall–Kier alpha value is 1.58. The van der Waals surface area contributed by atoms with Crippen LogP contribution < -0.4 is 0 Å². The van der Waals surface area contributed by atoms with Gasteiger partial charge in [-0.05, 0) is 52.4 Å². The third-order valence-electron chi connectivity index (χ3n) is 7.06. The van der Waals surface area contributed by atoms with Crippen molar-refractivity contribution in [2.45, 2.75) is 131 Å². The first kappa shape index (κ1) is 31.6. The highest BCUT2D eigenvalue weighted by Gasteiger charge is 2.72. The minimum atomic E-state index is -1.74. The second kappa shape index (κ2) is 8.57. The summed E-state index contributed by atoms with van der Waals surface area (Å²) in [6.45, 7) is 53.1. The standard InChI is InChI=1S/C20H60N4Si8/c1-25(2,3)21(26(4,5)6)29(13,14)23-31(17,18)24(32(23,19)20)30(15,16)22(27(7,8)9)28(10,11)12/h1-20H3. The zero-order valence-corrected chi connectivity index (χ0v) is 33.8. The molecule has 0 radical (unpaired) electrons. The molecule has 0 aromatic rings. The van der Waals surface area contributed by atoms with Gasteiger partial charge < -0.3 is 15.6 Å². The lowest BCUT2D eigenvalue weighted by Gasteiger charge is -2.79. The maximum Gasteiger partial charge on any atom is 0.177 e. The third kappa shape index (κ3) is 5.45. The largest absolute Gasteiger partial charge is 0.357 e. The molecule has 1 rings (SSSR count). The third-order valence-corrected chi connectivity index (χ3v) is 63.5. The van der Waals surface area contributed by atoms with Gasteiger partial charge in [0.25, 0.3) is 0 Å². The molecular weight excluding hydrogens is 521 g/mol. The molecule has 0 N–H and O–H groups in total. The van der Waals surface area contributed by atoms with E-state index in [2.05, 4.69) is 147 Å². The van der Waals surface area contributed by atoms with Gasteiger partial charge in [-0.1, -0.05) is 78.6 Å². The van der Waals surface area contributed by atoms with Crippen LogP contribution in [0, 0.1) is 0 Å². The van der Waals surface area contributed by atoms with E-state index in [1.807, 2.05) is 0 Å². The van der Waals surface area contributed by atoms with Crippen LogP contribution in [0.15, 0.2) is 0 Å². The molecular formula is C20H60N4Si8. The fourth-order valence-electron chi connectivity index (χ4n) is 9.67. The van der Waals surface area contributed by atoms with E-state index in [9.17, 15) is 0 Å². The topological polar surface area (TPSA) is 13.0 Å². The molecule has 0 atom stereocenters. The van der Waals surface area contributed by atoms with Crippen LogP contribution in [0.1, 0.15) is 0 Å². The van der Waals surface area contributed by atoms with Gasteiger partial charge in [-0.15, -0.1) is 0 Å². The molecule has 1 saturated heterocycles. The van der Waals surface area contributed by atoms with Gasteiger partial charge in [-0.3, -0.25) is 0 Å². The van der Waals surface area contributed by atoms with Crippen LogP contribution >= 0.6 is 0 Å². The molecule has 32 heavy (non-hydrogen) atoms. The maximum absolute atomic E-state index is 3.30. The highest BCUT2D eigenvalue weighted by Crippen LogP contribution is 2.49. The van der Waals surface area contributed by atoms with E-state index < -0.39 is 66.5 Å². The molecule has 0 aliphatic carbocycles. The fourth-order valence-corrected chi connectivity index (χ4v) is 93.3. The number of rotatable bonds is 8. The zero-order chi connectivity index (χ0) is 26.3. The van der Waals surface area contributed by atoms with Gasteiger partial charge in [0.1, 0.15) is 32.9 Å². The monoisotopic (exact) mass is 580 g/mol. The van der Waals surface area contributed by atoms with E-state index in [0.29, 0.717) is 0 Å². The summed E-state index contributed by atoms with van der Waals surface area (Å²) in [5.41, 5.74) is 0. The molecule has 192 valence electrons. The summed E-state index contributed by atoms with van der Waals surface area (Å²) >= 11 is 0. The van der Waals surface area contributed by atoms with Crippen molar-refractivity contribution in [3.05, 3.63) is 0 Å². The maximum atomic E-state index is 3.30. The molecule has 12 heteroatoms. The molecule has 0 aromatic heterocycles. The number of hydrogen-bond acceptors (Lipinski definition) is 4. The average molecular weight is 581 g/mol. The van der Waals surface area contributed by atoms with E-state index in [0.717, 1.165) is 0 Å². The van der Waals surface area contributed by atoms with Crippen molar-refractivity contribution >= 4 is 66.5 Å². The van der Waals surface area contributed by atoms with E-state index >= 15 is 0 Å². The molecule has 0 spiro atoms. The molecule has 0 bridgehead atoms. The molecule has 0 amide bonds. The van der Waals surface area contributed by atoms with Gasteiger partial charge in [-0.2, -0.15) is 0 Å². The van der Waals surface area contributed by atoms with Crippen molar-refractivity contribution in [2.75, 3.05) is 0 Å². The Morgan fingerprint density at radius 3 is 0.656 bits per heavy atom. The average Bonchev–Trinajstić information content (AvgIpc) is 2.23. The van der Waals surface area contributed by atoms with Crippen LogP contribution in [0.2, 0.25) is 131 Å².